The highest BCUT2D eigenvalue weighted by atomic mass is 32.2. The van der Waals surface area contributed by atoms with Crippen LogP contribution >= 0.6 is 0 Å². The number of sulfonamides is 1. The van der Waals surface area contributed by atoms with Gasteiger partial charge in [0.15, 0.2) is 0 Å². The molecule has 0 spiro atoms. The highest BCUT2D eigenvalue weighted by molar-refractivity contribution is 7.89. The van der Waals surface area contributed by atoms with E-state index in [1.807, 2.05) is 31.2 Å². The van der Waals surface area contributed by atoms with Crippen molar-refractivity contribution in [1.29, 1.82) is 0 Å². The maximum atomic E-state index is 12.4. The molecule has 0 bridgehead atoms. The molecular formula is C19H24N2O3S. The van der Waals surface area contributed by atoms with Crippen molar-refractivity contribution in [3.05, 3.63) is 65.2 Å². The summed E-state index contributed by atoms with van der Waals surface area (Å²) in [5.74, 6) is -0.0873. The highest BCUT2D eigenvalue weighted by Crippen LogP contribution is 2.13. The van der Waals surface area contributed by atoms with Crippen LogP contribution in [0.3, 0.4) is 0 Å². The first-order valence-electron chi connectivity index (χ1n) is 8.16. The lowest BCUT2D eigenvalue weighted by molar-refractivity contribution is -0.129. The summed E-state index contributed by atoms with van der Waals surface area (Å²) in [7, 11) is -3.58. The van der Waals surface area contributed by atoms with Crippen molar-refractivity contribution in [3.63, 3.8) is 0 Å². The molecule has 1 amide bonds. The lowest BCUT2D eigenvalue weighted by atomic mass is 10.1. The quantitative estimate of drug-likeness (QED) is 0.825. The summed E-state index contributed by atoms with van der Waals surface area (Å²) in [5, 5.41) is 0. The number of hydrogen-bond donors (Lipinski definition) is 1. The summed E-state index contributed by atoms with van der Waals surface area (Å²) in [4.78, 5) is 13.7. The van der Waals surface area contributed by atoms with Gasteiger partial charge in [0.05, 0.1) is 4.90 Å². The van der Waals surface area contributed by atoms with Gasteiger partial charge in [-0.3, -0.25) is 4.79 Å². The van der Waals surface area contributed by atoms with E-state index in [-0.39, 0.29) is 17.3 Å². The molecule has 0 radical (unpaired) electrons. The van der Waals surface area contributed by atoms with E-state index >= 15 is 0 Å². The predicted molar refractivity (Wildman–Crippen MR) is 98.6 cm³/mol. The number of benzene rings is 2. The Bertz CT molecular complexity index is 830. The van der Waals surface area contributed by atoms with Crippen LogP contribution in [-0.4, -0.2) is 32.3 Å². The average Bonchev–Trinajstić information content (AvgIpc) is 2.55. The van der Waals surface area contributed by atoms with E-state index in [0.29, 0.717) is 18.7 Å². The monoisotopic (exact) mass is 360 g/mol. The summed E-state index contributed by atoms with van der Waals surface area (Å²) in [6, 6.07) is 14.8. The Labute approximate surface area is 149 Å². The summed E-state index contributed by atoms with van der Waals surface area (Å²) >= 11 is 0. The minimum Gasteiger partial charge on any atom is -0.337 e. The van der Waals surface area contributed by atoms with Crippen molar-refractivity contribution in [2.45, 2.75) is 32.2 Å². The van der Waals surface area contributed by atoms with Gasteiger partial charge in [-0.05, 0) is 31.0 Å². The molecule has 0 aliphatic rings. The van der Waals surface area contributed by atoms with Crippen LogP contribution in [-0.2, 0) is 21.4 Å². The minimum absolute atomic E-state index is 0.0873. The van der Waals surface area contributed by atoms with Crippen LogP contribution in [0.25, 0.3) is 0 Å². The summed E-state index contributed by atoms with van der Waals surface area (Å²) in [6.07, 6.45) is 0. The Balaban J connectivity index is 1.98. The van der Waals surface area contributed by atoms with Crippen LogP contribution in [0.2, 0.25) is 0 Å². The van der Waals surface area contributed by atoms with E-state index in [1.54, 1.807) is 36.1 Å². The van der Waals surface area contributed by atoms with Crippen LogP contribution in [0.5, 0.6) is 0 Å². The molecule has 0 saturated heterocycles. The molecule has 0 saturated carbocycles. The maximum Gasteiger partial charge on any atom is 0.240 e. The Morgan fingerprint density at radius 3 is 2.28 bits per heavy atom. The summed E-state index contributed by atoms with van der Waals surface area (Å²) in [5.41, 5.74) is 2.87. The number of aryl methyl sites for hydroxylation is 2. The Hall–Kier alpha value is -2.18. The number of nitrogens with zero attached hydrogens (tertiary/aromatic N) is 1. The first-order chi connectivity index (χ1) is 11.8. The van der Waals surface area contributed by atoms with Gasteiger partial charge in [0, 0.05) is 26.6 Å². The molecule has 6 heteroatoms. The van der Waals surface area contributed by atoms with Gasteiger partial charge < -0.3 is 4.90 Å². The molecule has 25 heavy (non-hydrogen) atoms. The SMILES string of the molecule is CC(=O)N(CCNS(=O)(=O)c1ccccc1C)Cc1ccc(C)cc1. The van der Waals surface area contributed by atoms with E-state index in [1.165, 1.54) is 6.92 Å². The number of hydrogen-bond acceptors (Lipinski definition) is 3. The lowest BCUT2D eigenvalue weighted by Gasteiger charge is -2.21. The van der Waals surface area contributed by atoms with Gasteiger partial charge in [-0.2, -0.15) is 0 Å². The number of carbonyl (C=O) groups is 1. The number of carbonyl (C=O) groups excluding carboxylic acids is 1. The normalized spacial score (nSPS) is 11.3. The van der Waals surface area contributed by atoms with E-state index in [2.05, 4.69) is 4.72 Å². The largest absolute Gasteiger partial charge is 0.337 e. The molecule has 0 aliphatic carbocycles. The zero-order chi connectivity index (χ0) is 18.4. The van der Waals surface area contributed by atoms with Crippen LogP contribution in [0.1, 0.15) is 23.6 Å². The molecule has 0 atom stereocenters. The van der Waals surface area contributed by atoms with Crippen molar-refractivity contribution in [2.24, 2.45) is 0 Å². The maximum absolute atomic E-state index is 12.4. The lowest BCUT2D eigenvalue weighted by Crippen LogP contribution is -2.37. The Kier molecular flexibility index (Phi) is 6.33. The zero-order valence-corrected chi connectivity index (χ0v) is 15.6. The van der Waals surface area contributed by atoms with Crippen molar-refractivity contribution in [2.75, 3.05) is 13.1 Å². The van der Waals surface area contributed by atoms with Gasteiger partial charge in [0.25, 0.3) is 0 Å². The van der Waals surface area contributed by atoms with Crippen LogP contribution in [0.4, 0.5) is 0 Å². The molecule has 2 aromatic carbocycles. The third kappa shape index (κ3) is 5.41. The van der Waals surface area contributed by atoms with Gasteiger partial charge in [0.1, 0.15) is 0 Å². The second-order valence-electron chi connectivity index (χ2n) is 6.09. The average molecular weight is 360 g/mol. The number of rotatable bonds is 7. The molecule has 0 aliphatic heterocycles. The van der Waals surface area contributed by atoms with Gasteiger partial charge in [0.2, 0.25) is 15.9 Å². The molecule has 5 nitrogen and oxygen atoms in total. The minimum atomic E-state index is -3.58. The highest BCUT2D eigenvalue weighted by Gasteiger charge is 2.17. The Morgan fingerprint density at radius 1 is 1.04 bits per heavy atom. The topological polar surface area (TPSA) is 66.5 Å². The Morgan fingerprint density at radius 2 is 1.68 bits per heavy atom. The fourth-order valence-corrected chi connectivity index (χ4v) is 3.78. The summed E-state index contributed by atoms with van der Waals surface area (Å²) < 4.78 is 27.3. The fraction of sp³-hybridized carbons (Fsp3) is 0.316. The molecule has 0 heterocycles. The van der Waals surface area contributed by atoms with Gasteiger partial charge in [-0.25, -0.2) is 13.1 Å². The molecule has 1 N–H and O–H groups in total. The first kappa shape index (κ1) is 19.1. The van der Waals surface area contributed by atoms with Crippen molar-refractivity contribution in [3.8, 4) is 0 Å². The third-order valence-corrected chi connectivity index (χ3v) is 5.62. The van der Waals surface area contributed by atoms with E-state index in [9.17, 15) is 13.2 Å². The van der Waals surface area contributed by atoms with Gasteiger partial charge in [-0.1, -0.05) is 48.0 Å². The van der Waals surface area contributed by atoms with E-state index in [0.717, 1.165) is 11.1 Å². The molecule has 0 unspecified atom stereocenters. The third-order valence-electron chi connectivity index (χ3n) is 4.00. The number of amides is 1. The van der Waals surface area contributed by atoms with Gasteiger partial charge in [-0.15, -0.1) is 0 Å². The molecule has 0 aromatic heterocycles. The van der Waals surface area contributed by atoms with Crippen molar-refractivity contribution < 1.29 is 13.2 Å². The number of nitrogens with one attached hydrogen (secondary N) is 1. The van der Waals surface area contributed by atoms with Crippen LogP contribution in [0.15, 0.2) is 53.4 Å². The molecular weight excluding hydrogens is 336 g/mol. The first-order valence-corrected chi connectivity index (χ1v) is 9.64. The summed E-state index contributed by atoms with van der Waals surface area (Å²) in [6.45, 7) is 6.20. The van der Waals surface area contributed by atoms with Crippen LogP contribution < -0.4 is 4.72 Å². The standard InChI is InChI=1S/C19H24N2O3S/c1-15-8-10-18(11-9-15)14-21(17(3)22)13-12-20-25(23,24)19-7-5-4-6-16(19)2/h4-11,20H,12-14H2,1-3H3. The molecule has 2 rings (SSSR count). The molecule has 2 aromatic rings. The molecule has 134 valence electrons. The second-order valence-corrected chi connectivity index (χ2v) is 7.82. The van der Waals surface area contributed by atoms with E-state index in [4.69, 9.17) is 0 Å². The fourth-order valence-electron chi connectivity index (χ4n) is 2.51. The zero-order valence-electron chi connectivity index (χ0n) is 14.8. The van der Waals surface area contributed by atoms with Crippen molar-refractivity contribution in [1.82, 2.24) is 9.62 Å². The second kappa shape index (κ2) is 8.27. The van der Waals surface area contributed by atoms with Gasteiger partial charge >= 0.3 is 0 Å². The smallest absolute Gasteiger partial charge is 0.240 e. The van der Waals surface area contributed by atoms with E-state index < -0.39 is 10.0 Å². The molecule has 0 fully saturated rings. The van der Waals surface area contributed by atoms with Crippen LogP contribution in [0, 0.1) is 13.8 Å². The van der Waals surface area contributed by atoms with Crippen molar-refractivity contribution >= 4 is 15.9 Å². The predicted octanol–water partition coefficient (Wildman–Crippen LogP) is 2.63.